The van der Waals surface area contributed by atoms with Crippen molar-refractivity contribution < 1.29 is 0 Å². The maximum absolute atomic E-state index is 2.48. The second-order valence-corrected chi connectivity index (χ2v) is 6.85. The van der Waals surface area contributed by atoms with Crippen molar-refractivity contribution in [3.63, 3.8) is 0 Å². The van der Waals surface area contributed by atoms with Crippen molar-refractivity contribution in [1.82, 2.24) is 4.90 Å². The van der Waals surface area contributed by atoms with Crippen LogP contribution >= 0.6 is 11.8 Å². The minimum Gasteiger partial charge on any atom is -0.306 e. The third kappa shape index (κ3) is 3.76. The van der Waals surface area contributed by atoms with E-state index in [4.69, 9.17) is 0 Å². The fourth-order valence-corrected chi connectivity index (χ4v) is 3.95. The Balaban J connectivity index is 1.98. The molecule has 1 nitrogen and oxygen atoms in total. The maximum atomic E-state index is 2.48. The van der Waals surface area contributed by atoms with Crippen LogP contribution in [0.25, 0.3) is 0 Å². The molecule has 1 aliphatic heterocycles. The molecule has 1 fully saturated rings. The minimum absolute atomic E-state index is 0.780. The zero-order valence-electron chi connectivity index (χ0n) is 11.9. The van der Waals surface area contributed by atoms with Crippen molar-refractivity contribution in [2.75, 3.05) is 20.1 Å². The van der Waals surface area contributed by atoms with Crippen molar-refractivity contribution in [3.8, 4) is 0 Å². The van der Waals surface area contributed by atoms with Crippen LogP contribution in [0.3, 0.4) is 0 Å². The van der Waals surface area contributed by atoms with Gasteiger partial charge < -0.3 is 4.90 Å². The first-order valence-corrected chi connectivity index (χ1v) is 8.01. The largest absolute Gasteiger partial charge is 0.306 e. The molecule has 0 N–H and O–H groups in total. The van der Waals surface area contributed by atoms with Crippen LogP contribution in [0.1, 0.15) is 32.3 Å². The lowest BCUT2D eigenvalue weighted by atomic mass is 10.1. The first kappa shape index (κ1) is 14.0. The third-order valence-corrected chi connectivity index (χ3v) is 5.43. The molecule has 0 amide bonds. The zero-order valence-corrected chi connectivity index (χ0v) is 12.7. The van der Waals surface area contributed by atoms with Crippen LogP contribution in [0, 0.1) is 5.92 Å². The Labute approximate surface area is 116 Å². The van der Waals surface area contributed by atoms with Gasteiger partial charge in [-0.1, -0.05) is 26.0 Å². The van der Waals surface area contributed by atoms with E-state index in [0.29, 0.717) is 0 Å². The van der Waals surface area contributed by atoms with E-state index in [0.717, 1.165) is 17.6 Å². The van der Waals surface area contributed by atoms with E-state index in [1.165, 1.54) is 36.4 Å². The summed E-state index contributed by atoms with van der Waals surface area (Å²) in [7, 11) is 2.25. The Bertz CT molecular complexity index is 360. The molecule has 0 bridgehead atoms. The summed E-state index contributed by atoms with van der Waals surface area (Å²) in [6.07, 6.45) is 3.83. The molecule has 0 radical (unpaired) electrons. The number of aryl methyl sites for hydroxylation is 1. The molecule has 100 valence electrons. The van der Waals surface area contributed by atoms with Crippen LogP contribution < -0.4 is 0 Å². The number of hydrogen-bond donors (Lipinski definition) is 0. The summed E-state index contributed by atoms with van der Waals surface area (Å²) in [5.41, 5.74) is 1.44. The fraction of sp³-hybridized carbons (Fsp3) is 0.625. The average Bonchev–Trinajstić information content (AvgIpc) is 2.52. The topological polar surface area (TPSA) is 3.24 Å². The van der Waals surface area contributed by atoms with E-state index in [1.54, 1.807) is 0 Å². The normalized spacial score (nSPS) is 25.9. The first-order chi connectivity index (χ1) is 8.69. The molecule has 0 aliphatic carbocycles. The van der Waals surface area contributed by atoms with E-state index in [1.807, 2.05) is 0 Å². The van der Waals surface area contributed by atoms with Crippen molar-refractivity contribution in [2.24, 2.45) is 5.92 Å². The highest BCUT2D eigenvalue weighted by molar-refractivity contribution is 8.00. The van der Waals surface area contributed by atoms with Gasteiger partial charge >= 0.3 is 0 Å². The van der Waals surface area contributed by atoms with Crippen LogP contribution in [0.5, 0.6) is 0 Å². The quantitative estimate of drug-likeness (QED) is 0.808. The van der Waals surface area contributed by atoms with Crippen LogP contribution in [0.4, 0.5) is 0 Å². The lowest BCUT2D eigenvalue weighted by molar-refractivity contribution is 0.312. The van der Waals surface area contributed by atoms with Crippen LogP contribution in [0.15, 0.2) is 29.2 Å². The van der Waals surface area contributed by atoms with Gasteiger partial charge in [-0.25, -0.2) is 0 Å². The van der Waals surface area contributed by atoms with Crippen LogP contribution in [0.2, 0.25) is 0 Å². The van der Waals surface area contributed by atoms with Gasteiger partial charge in [0.05, 0.1) is 0 Å². The smallest absolute Gasteiger partial charge is 0.0133 e. The number of thioether (sulfide) groups is 1. The summed E-state index contributed by atoms with van der Waals surface area (Å²) in [6.45, 7) is 7.12. The van der Waals surface area contributed by atoms with Gasteiger partial charge in [0.25, 0.3) is 0 Å². The Kier molecular flexibility index (Phi) is 5.13. The zero-order chi connectivity index (χ0) is 13.0. The van der Waals surface area contributed by atoms with Crippen molar-refractivity contribution in [1.29, 1.82) is 0 Å². The van der Waals surface area contributed by atoms with Gasteiger partial charge in [0.2, 0.25) is 0 Å². The number of likely N-dealkylation sites (tertiary alicyclic amines) is 1. The molecule has 1 heterocycles. The lowest BCUT2D eigenvalue weighted by Crippen LogP contribution is -2.26. The predicted octanol–water partition coefficient (Wildman–Crippen LogP) is 4.07. The third-order valence-electron chi connectivity index (χ3n) is 3.88. The van der Waals surface area contributed by atoms with Gasteiger partial charge in [-0.15, -0.1) is 11.8 Å². The monoisotopic (exact) mass is 263 g/mol. The minimum atomic E-state index is 0.780. The number of rotatable bonds is 3. The molecule has 1 aromatic rings. The molecular weight excluding hydrogens is 238 g/mol. The molecule has 0 aromatic heterocycles. The van der Waals surface area contributed by atoms with Crippen molar-refractivity contribution in [3.05, 3.63) is 29.8 Å². The summed E-state index contributed by atoms with van der Waals surface area (Å²) in [4.78, 5) is 3.92. The molecule has 2 heteroatoms. The standard InChI is InChI=1S/C16H25NS/c1-4-14-7-9-15(10-8-14)18-16-6-5-11-17(3)12-13(16)2/h7-10,13,16H,4-6,11-12H2,1-3H3. The lowest BCUT2D eigenvalue weighted by Gasteiger charge is -2.22. The molecule has 0 spiro atoms. The van der Waals surface area contributed by atoms with Crippen LogP contribution in [-0.2, 0) is 6.42 Å². The van der Waals surface area contributed by atoms with Crippen LogP contribution in [-0.4, -0.2) is 30.3 Å². The van der Waals surface area contributed by atoms with Crippen molar-refractivity contribution in [2.45, 2.75) is 43.3 Å². The summed E-state index contributed by atoms with van der Waals surface area (Å²) < 4.78 is 0. The predicted molar refractivity (Wildman–Crippen MR) is 81.4 cm³/mol. The molecule has 1 aliphatic rings. The average molecular weight is 263 g/mol. The van der Waals surface area contributed by atoms with E-state index in [9.17, 15) is 0 Å². The maximum Gasteiger partial charge on any atom is 0.0133 e. The highest BCUT2D eigenvalue weighted by atomic mass is 32.2. The Morgan fingerprint density at radius 3 is 2.67 bits per heavy atom. The Morgan fingerprint density at radius 1 is 1.28 bits per heavy atom. The summed E-state index contributed by atoms with van der Waals surface area (Å²) in [6, 6.07) is 9.14. The van der Waals surface area contributed by atoms with Gasteiger partial charge in [0, 0.05) is 16.7 Å². The fourth-order valence-electron chi connectivity index (χ4n) is 2.70. The second-order valence-electron chi connectivity index (χ2n) is 5.54. The number of hydrogen-bond acceptors (Lipinski definition) is 2. The highest BCUT2D eigenvalue weighted by Gasteiger charge is 2.22. The van der Waals surface area contributed by atoms with Gasteiger partial charge in [-0.05, 0) is 56.5 Å². The second kappa shape index (κ2) is 6.63. The van der Waals surface area contributed by atoms with Gasteiger partial charge in [0.1, 0.15) is 0 Å². The van der Waals surface area contributed by atoms with E-state index in [-0.39, 0.29) is 0 Å². The SMILES string of the molecule is CCc1ccc(SC2CCCN(C)CC2C)cc1. The van der Waals surface area contributed by atoms with Gasteiger partial charge in [-0.3, -0.25) is 0 Å². The molecule has 1 saturated heterocycles. The molecule has 2 unspecified atom stereocenters. The number of nitrogens with zero attached hydrogens (tertiary/aromatic N) is 1. The molecular formula is C16H25NS. The molecule has 1 aromatic carbocycles. The van der Waals surface area contributed by atoms with E-state index < -0.39 is 0 Å². The van der Waals surface area contributed by atoms with E-state index in [2.05, 4.69) is 61.8 Å². The highest BCUT2D eigenvalue weighted by Crippen LogP contribution is 2.33. The number of benzene rings is 1. The van der Waals surface area contributed by atoms with Gasteiger partial charge in [-0.2, -0.15) is 0 Å². The summed E-state index contributed by atoms with van der Waals surface area (Å²) >= 11 is 2.08. The van der Waals surface area contributed by atoms with Gasteiger partial charge in [0.15, 0.2) is 0 Å². The summed E-state index contributed by atoms with van der Waals surface area (Å²) in [5, 5.41) is 0.780. The van der Waals surface area contributed by atoms with E-state index >= 15 is 0 Å². The van der Waals surface area contributed by atoms with Crippen molar-refractivity contribution >= 4 is 11.8 Å². The Hall–Kier alpha value is -0.470. The molecule has 18 heavy (non-hydrogen) atoms. The molecule has 0 saturated carbocycles. The Morgan fingerprint density at radius 2 is 2.00 bits per heavy atom. The molecule has 2 rings (SSSR count). The first-order valence-electron chi connectivity index (χ1n) is 7.13. The molecule has 2 atom stereocenters. The summed E-state index contributed by atoms with van der Waals surface area (Å²) in [5.74, 6) is 0.786.